The number of halogens is 2. The van der Waals surface area contributed by atoms with E-state index in [1.54, 1.807) is 55.5 Å². The van der Waals surface area contributed by atoms with Crippen LogP contribution in [0.1, 0.15) is 23.6 Å². The number of carbonyl (C=O) groups is 2. The fourth-order valence-corrected chi connectivity index (χ4v) is 5.68. The molecule has 0 fully saturated rings. The van der Waals surface area contributed by atoms with Crippen LogP contribution in [0.3, 0.4) is 0 Å². The summed E-state index contributed by atoms with van der Waals surface area (Å²) in [6.45, 7) is 4.78. The number of likely N-dealkylation sites (N-methyl/N-ethyl adjacent to an activating group) is 1. The average molecular weight is 563 g/mol. The SMILES string of the molecule is CNC(=O)[C@H](C)N(Cc1ccc(Cl)c(Cl)c1)C(=O)CN(c1cccc(C)c1C)S(=O)(=O)c1ccccc1. The molecule has 0 aliphatic rings. The number of nitrogens with zero attached hydrogens (tertiary/aromatic N) is 2. The topological polar surface area (TPSA) is 86.8 Å². The van der Waals surface area contributed by atoms with Gasteiger partial charge < -0.3 is 10.2 Å². The molecule has 0 aromatic heterocycles. The number of hydrogen-bond donors (Lipinski definition) is 1. The number of rotatable bonds is 9. The van der Waals surface area contributed by atoms with Crippen LogP contribution in [0.4, 0.5) is 5.69 Å². The van der Waals surface area contributed by atoms with Gasteiger partial charge in [0.25, 0.3) is 10.0 Å². The van der Waals surface area contributed by atoms with E-state index < -0.39 is 34.4 Å². The number of carbonyl (C=O) groups excluding carboxylic acids is 2. The van der Waals surface area contributed by atoms with Crippen molar-refractivity contribution >= 4 is 50.7 Å². The van der Waals surface area contributed by atoms with Crippen LogP contribution in [-0.4, -0.2) is 44.8 Å². The van der Waals surface area contributed by atoms with Gasteiger partial charge in [-0.05, 0) is 67.8 Å². The van der Waals surface area contributed by atoms with Crippen LogP contribution in [0.5, 0.6) is 0 Å². The Morgan fingerprint density at radius 3 is 2.24 bits per heavy atom. The van der Waals surface area contributed by atoms with E-state index in [-0.39, 0.29) is 11.4 Å². The summed E-state index contributed by atoms with van der Waals surface area (Å²) in [5, 5.41) is 3.22. The van der Waals surface area contributed by atoms with E-state index in [1.807, 2.05) is 19.9 Å². The Labute approximate surface area is 228 Å². The molecule has 0 bridgehead atoms. The second-order valence-corrected chi connectivity index (χ2v) is 11.3. The first-order valence-corrected chi connectivity index (χ1v) is 13.8. The molecule has 0 saturated heterocycles. The lowest BCUT2D eigenvalue weighted by Gasteiger charge is -2.32. The maximum atomic E-state index is 13.8. The summed E-state index contributed by atoms with van der Waals surface area (Å²) < 4.78 is 28.7. The van der Waals surface area contributed by atoms with Crippen molar-refractivity contribution in [1.82, 2.24) is 10.2 Å². The first kappa shape index (κ1) is 28.5. The number of hydrogen-bond acceptors (Lipinski definition) is 4. The molecule has 1 atom stereocenters. The third kappa shape index (κ3) is 6.44. The van der Waals surface area contributed by atoms with E-state index in [0.717, 1.165) is 15.4 Å². The van der Waals surface area contributed by atoms with Crippen LogP contribution in [0, 0.1) is 13.8 Å². The molecule has 0 aliphatic carbocycles. The molecule has 0 spiro atoms. The van der Waals surface area contributed by atoms with Crippen molar-refractivity contribution in [3.63, 3.8) is 0 Å². The molecule has 0 radical (unpaired) electrons. The highest BCUT2D eigenvalue weighted by Crippen LogP contribution is 2.29. The molecule has 3 aromatic carbocycles. The van der Waals surface area contributed by atoms with Crippen LogP contribution in [0.2, 0.25) is 10.0 Å². The van der Waals surface area contributed by atoms with E-state index in [2.05, 4.69) is 5.32 Å². The van der Waals surface area contributed by atoms with Gasteiger partial charge in [0.15, 0.2) is 0 Å². The second-order valence-electron chi connectivity index (χ2n) is 8.60. The Morgan fingerprint density at radius 2 is 1.62 bits per heavy atom. The molecule has 3 aromatic rings. The molecule has 196 valence electrons. The van der Waals surface area contributed by atoms with Gasteiger partial charge in [-0.2, -0.15) is 0 Å². The van der Waals surface area contributed by atoms with Crippen molar-refractivity contribution in [2.45, 2.75) is 38.3 Å². The highest BCUT2D eigenvalue weighted by molar-refractivity contribution is 7.92. The fourth-order valence-electron chi connectivity index (χ4n) is 3.87. The number of nitrogens with one attached hydrogen (secondary N) is 1. The summed E-state index contributed by atoms with van der Waals surface area (Å²) in [5.41, 5.74) is 2.64. The summed E-state index contributed by atoms with van der Waals surface area (Å²) >= 11 is 12.2. The van der Waals surface area contributed by atoms with E-state index >= 15 is 0 Å². The Morgan fingerprint density at radius 1 is 0.946 bits per heavy atom. The molecule has 37 heavy (non-hydrogen) atoms. The zero-order valence-corrected chi connectivity index (χ0v) is 23.4. The number of benzene rings is 3. The van der Waals surface area contributed by atoms with E-state index in [0.29, 0.717) is 21.3 Å². The Kier molecular flexibility index (Phi) is 9.23. The van der Waals surface area contributed by atoms with Crippen LogP contribution in [0.25, 0.3) is 0 Å². The van der Waals surface area contributed by atoms with Gasteiger partial charge in [-0.1, -0.05) is 59.6 Å². The molecule has 2 amide bonds. The smallest absolute Gasteiger partial charge is 0.264 e. The highest BCUT2D eigenvalue weighted by Gasteiger charge is 2.33. The monoisotopic (exact) mass is 561 g/mol. The lowest BCUT2D eigenvalue weighted by molar-refractivity contribution is -0.139. The minimum absolute atomic E-state index is 0.0241. The zero-order valence-electron chi connectivity index (χ0n) is 21.0. The quantitative estimate of drug-likeness (QED) is 0.399. The highest BCUT2D eigenvalue weighted by atomic mass is 35.5. The van der Waals surface area contributed by atoms with Gasteiger partial charge in [-0.15, -0.1) is 0 Å². The van der Waals surface area contributed by atoms with Crippen molar-refractivity contribution in [2.75, 3.05) is 17.9 Å². The van der Waals surface area contributed by atoms with E-state index in [4.69, 9.17) is 23.2 Å². The summed E-state index contributed by atoms with van der Waals surface area (Å²) in [5.74, 6) is -0.944. The number of aryl methyl sites for hydroxylation is 1. The largest absolute Gasteiger partial charge is 0.357 e. The standard InChI is InChI=1S/C27H29Cl2N3O4S/c1-18-9-8-12-25(19(18)2)32(37(35,36)22-10-6-5-7-11-22)17-26(33)31(20(3)27(34)30-4)16-21-13-14-23(28)24(29)15-21/h5-15,20H,16-17H2,1-4H3,(H,30,34)/t20-/m0/s1. The molecule has 10 heteroatoms. The molecular weight excluding hydrogens is 533 g/mol. The van der Waals surface area contributed by atoms with Gasteiger partial charge in [0, 0.05) is 13.6 Å². The molecule has 7 nitrogen and oxygen atoms in total. The summed E-state index contributed by atoms with van der Waals surface area (Å²) in [7, 11) is -2.64. The lowest BCUT2D eigenvalue weighted by Crippen LogP contribution is -2.50. The van der Waals surface area contributed by atoms with Crippen LogP contribution in [-0.2, 0) is 26.2 Å². The van der Waals surface area contributed by atoms with Crippen molar-refractivity contribution in [3.05, 3.63) is 93.5 Å². The minimum Gasteiger partial charge on any atom is -0.357 e. The Balaban J connectivity index is 2.07. The van der Waals surface area contributed by atoms with Crippen LogP contribution >= 0.6 is 23.2 Å². The van der Waals surface area contributed by atoms with Crippen molar-refractivity contribution in [1.29, 1.82) is 0 Å². The van der Waals surface area contributed by atoms with E-state index in [1.165, 1.54) is 24.1 Å². The van der Waals surface area contributed by atoms with Crippen LogP contribution < -0.4 is 9.62 Å². The molecule has 0 heterocycles. The van der Waals surface area contributed by atoms with Gasteiger partial charge in [-0.25, -0.2) is 8.42 Å². The molecule has 3 rings (SSSR count). The maximum Gasteiger partial charge on any atom is 0.264 e. The Bertz CT molecular complexity index is 1400. The predicted molar refractivity (Wildman–Crippen MR) is 147 cm³/mol. The molecule has 0 unspecified atom stereocenters. The normalized spacial score (nSPS) is 12.1. The molecule has 0 saturated carbocycles. The van der Waals surface area contributed by atoms with Gasteiger partial charge >= 0.3 is 0 Å². The molecular formula is C27H29Cl2N3O4S. The summed E-state index contributed by atoms with van der Waals surface area (Å²) in [6, 6.07) is 17.3. The second kappa shape index (κ2) is 12.0. The zero-order chi connectivity index (χ0) is 27.3. The van der Waals surface area contributed by atoms with Gasteiger partial charge in [0.05, 0.1) is 20.6 Å². The third-order valence-electron chi connectivity index (χ3n) is 6.21. The minimum atomic E-state index is -4.11. The maximum absolute atomic E-state index is 13.8. The molecule has 1 N–H and O–H groups in total. The summed E-state index contributed by atoms with van der Waals surface area (Å²) in [6.07, 6.45) is 0. The Hall–Kier alpha value is -3.07. The third-order valence-corrected chi connectivity index (χ3v) is 8.72. The lowest BCUT2D eigenvalue weighted by atomic mass is 10.1. The first-order valence-electron chi connectivity index (χ1n) is 11.6. The van der Waals surface area contributed by atoms with Crippen LogP contribution in [0.15, 0.2) is 71.6 Å². The predicted octanol–water partition coefficient (Wildman–Crippen LogP) is 4.97. The average Bonchev–Trinajstić information content (AvgIpc) is 2.89. The fraction of sp³-hybridized carbons (Fsp3) is 0.259. The van der Waals surface area contributed by atoms with Crippen molar-refractivity contribution in [2.24, 2.45) is 0 Å². The van der Waals surface area contributed by atoms with Crippen molar-refractivity contribution < 1.29 is 18.0 Å². The van der Waals surface area contributed by atoms with Gasteiger partial charge in [0.2, 0.25) is 11.8 Å². The van der Waals surface area contributed by atoms with Crippen molar-refractivity contribution in [3.8, 4) is 0 Å². The first-order chi connectivity index (χ1) is 17.5. The van der Waals surface area contributed by atoms with E-state index in [9.17, 15) is 18.0 Å². The van der Waals surface area contributed by atoms with Gasteiger partial charge in [0.1, 0.15) is 12.6 Å². The number of sulfonamides is 1. The molecule has 0 aliphatic heterocycles. The van der Waals surface area contributed by atoms with Gasteiger partial charge in [-0.3, -0.25) is 13.9 Å². The number of amides is 2. The number of anilines is 1. The summed E-state index contributed by atoms with van der Waals surface area (Å²) in [4.78, 5) is 27.7.